The van der Waals surface area contributed by atoms with Gasteiger partial charge in [-0.25, -0.2) is 9.37 Å². The summed E-state index contributed by atoms with van der Waals surface area (Å²) in [5.41, 5.74) is 3.83. The lowest BCUT2D eigenvalue weighted by atomic mass is 10.0. The molecule has 0 saturated heterocycles. The van der Waals surface area contributed by atoms with Crippen molar-refractivity contribution in [3.63, 3.8) is 0 Å². The number of nitrogens with one attached hydrogen (secondary N) is 1. The number of amides is 1. The zero-order valence-electron chi connectivity index (χ0n) is 15.6. The highest BCUT2D eigenvalue weighted by Gasteiger charge is 2.29. The second-order valence-electron chi connectivity index (χ2n) is 7.26. The quantitative estimate of drug-likeness (QED) is 0.532. The minimum Gasteiger partial charge on any atom is -0.348 e. The van der Waals surface area contributed by atoms with Crippen molar-refractivity contribution in [2.24, 2.45) is 0 Å². The summed E-state index contributed by atoms with van der Waals surface area (Å²) in [6.07, 6.45) is 2.12. The molecule has 29 heavy (non-hydrogen) atoms. The molecule has 0 unspecified atom stereocenters. The van der Waals surface area contributed by atoms with Crippen LogP contribution in [0.15, 0.2) is 65.2 Å². The van der Waals surface area contributed by atoms with E-state index < -0.39 is 0 Å². The first-order valence-electron chi connectivity index (χ1n) is 9.57. The highest BCUT2D eigenvalue weighted by Crippen LogP contribution is 2.41. The summed E-state index contributed by atoms with van der Waals surface area (Å²) in [4.78, 5) is 17.7. The van der Waals surface area contributed by atoms with Crippen LogP contribution in [0, 0.1) is 5.82 Å². The third kappa shape index (κ3) is 3.49. The SMILES string of the molecule is O=C(NCc1ccccc1)c1cc(C2CC2)nc2onc(-c3ccc(F)cc3)c12. The maximum atomic E-state index is 13.3. The summed E-state index contributed by atoms with van der Waals surface area (Å²) in [7, 11) is 0. The fourth-order valence-corrected chi connectivity index (χ4v) is 3.42. The number of carbonyl (C=O) groups excluding carboxylic acids is 1. The standard InChI is InChI=1S/C23H18FN3O2/c24-17-10-8-16(9-11-17)21-20-18(22(28)25-13-14-4-2-1-3-5-14)12-19(15-6-7-15)26-23(20)29-27-21/h1-5,8-12,15H,6-7,13H2,(H,25,28). The van der Waals surface area contributed by atoms with E-state index in [9.17, 15) is 9.18 Å². The third-order valence-electron chi connectivity index (χ3n) is 5.12. The van der Waals surface area contributed by atoms with E-state index in [0.717, 1.165) is 24.1 Å². The van der Waals surface area contributed by atoms with Crippen molar-refractivity contribution >= 4 is 17.0 Å². The van der Waals surface area contributed by atoms with Gasteiger partial charge in [0.1, 0.15) is 11.5 Å². The van der Waals surface area contributed by atoms with Crippen LogP contribution < -0.4 is 5.32 Å². The molecular formula is C23H18FN3O2. The van der Waals surface area contributed by atoms with Gasteiger partial charge in [-0.3, -0.25) is 4.79 Å². The lowest BCUT2D eigenvalue weighted by Gasteiger charge is -2.09. The maximum absolute atomic E-state index is 13.3. The van der Waals surface area contributed by atoms with E-state index in [0.29, 0.717) is 40.4 Å². The van der Waals surface area contributed by atoms with Crippen LogP contribution in [-0.2, 0) is 6.54 Å². The molecular weight excluding hydrogens is 369 g/mol. The molecule has 2 aromatic carbocycles. The molecule has 1 N–H and O–H groups in total. The second kappa shape index (κ2) is 7.13. The fourth-order valence-electron chi connectivity index (χ4n) is 3.42. The molecule has 1 aliphatic rings. The molecule has 0 radical (unpaired) electrons. The van der Waals surface area contributed by atoms with Gasteiger partial charge in [-0.05, 0) is 48.7 Å². The van der Waals surface area contributed by atoms with Crippen molar-refractivity contribution in [3.05, 3.63) is 83.3 Å². The van der Waals surface area contributed by atoms with Crippen LogP contribution in [-0.4, -0.2) is 16.0 Å². The van der Waals surface area contributed by atoms with Crippen LogP contribution in [0.3, 0.4) is 0 Å². The molecule has 1 amide bonds. The van der Waals surface area contributed by atoms with Gasteiger partial charge in [0.2, 0.25) is 0 Å². The highest BCUT2D eigenvalue weighted by molar-refractivity contribution is 6.09. The Labute approximate surface area is 166 Å². The summed E-state index contributed by atoms with van der Waals surface area (Å²) >= 11 is 0. The van der Waals surface area contributed by atoms with Crippen LogP contribution >= 0.6 is 0 Å². The first-order valence-corrected chi connectivity index (χ1v) is 9.57. The second-order valence-corrected chi connectivity index (χ2v) is 7.26. The van der Waals surface area contributed by atoms with E-state index in [1.165, 1.54) is 12.1 Å². The molecule has 0 aliphatic heterocycles. The van der Waals surface area contributed by atoms with Crippen molar-refractivity contribution in [2.75, 3.05) is 0 Å². The van der Waals surface area contributed by atoms with E-state index in [-0.39, 0.29) is 11.7 Å². The lowest BCUT2D eigenvalue weighted by Crippen LogP contribution is -2.23. The van der Waals surface area contributed by atoms with Gasteiger partial charge in [-0.15, -0.1) is 0 Å². The third-order valence-corrected chi connectivity index (χ3v) is 5.12. The van der Waals surface area contributed by atoms with Crippen LogP contribution in [0.25, 0.3) is 22.4 Å². The number of nitrogens with zero attached hydrogens (tertiary/aromatic N) is 2. The lowest BCUT2D eigenvalue weighted by molar-refractivity contribution is 0.0952. The number of halogens is 1. The minimum atomic E-state index is -0.337. The normalized spacial score (nSPS) is 13.6. The monoisotopic (exact) mass is 387 g/mol. The molecule has 2 aromatic heterocycles. The summed E-state index contributed by atoms with van der Waals surface area (Å²) in [5.74, 6) is -0.189. The smallest absolute Gasteiger partial charge is 0.259 e. The molecule has 5 nitrogen and oxygen atoms in total. The molecule has 1 saturated carbocycles. The molecule has 144 valence electrons. The first-order chi connectivity index (χ1) is 14.2. The van der Waals surface area contributed by atoms with Gasteiger partial charge < -0.3 is 9.84 Å². The summed E-state index contributed by atoms with van der Waals surface area (Å²) < 4.78 is 18.8. The molecule has 6 heteroatoms. The van der Waals surface area contributed by atoms with Crippen molar-refractivity contribution in [1.29, 1.82) is 0 Å². The Morgan fingerprint density at radius 3 is 2.59 bits per heavy atom. The van der Waals surface area contributed by atoms with Crippen LogP contribution in [0.1, 0.15) is 40.4 Å². The van der Waals surface area contributed by atoms with Crippen LogP contribution in [0.2, 0.25) is 0 Å². The van der Waals surface area contributed by atoms with Crippen LogP contribution in [0.4, 0.5) is 4.39 Å². The van der Waals surface area contributed by atoms with Gasteiger partial charge in [0.25, 0.3) is 11.6 Å². The van der Waals surface area contributed by atoms with Crippen molar-refractivity contribution in [2.45, 2.75) is 25.3 Å². The molecule has 0 atom stereocenters. The summed E-state index contributed by atoms with van der Waals surface area (Å²) in [5, 5.41) is 7.66. The molecule has 5 rings (SSSR count). The topological polar surface area (TPSA) is 68.0 Å². The number of aromatic nitrogens is 2. The van der Waals surface area contributed by atoms with Crippen molar-refractivity contribution in [1.82, 2.24) is 15.5 Å². The van der Waals surface area contributed by atoms with Crippen molar-refractivity contribution < 1.29 is 13.7 Å². The number of rotatable bonds is 5. The Morgan fingerprint density at radius 2 is 1.86 bits per heavy atom. The van der Waals surface area contributed by atoms with Gasteiger partial charge in [0.05, 0.1) is 10.9 Å². The molecule has 0 bridgehead atoms. The van der Waals surface area contributed by atoms with Gasteiger partial charge in [-0.2, -0.15) is 0 Å². The zero-order valence-corrected chi connectivity index (χ0v) is 15.6. The maximum Gasteiger partial charge on any atom is 0.259 e. The fraction of sp³-hybridized carbons (Fsp3) is 0.174. The number of benzene rings is 2. The average Bonchev–Trinajstić information content (AvgIpc) is 3.52. The highest BCUT2D eigenvalue weighted by atomic mass is 19.1. The summed E-state index contributed by atoms with van der Waals surface area (Å²) in [6.45, 7) is 0.416. The average molecular weight is 387 g/mol. The molecule has 0 spiro atoms. The van der Waals surface area contributed by atoms with Gasteiger partial charge in [-0.1, -0.05) is 35.5 Å². The van der Waals surface area contributed by atoms with E-state index in [4.69, 9.17) is 4.52 Å². The van der Waals surface area contributed by atoms with Crippen molar-refractivity contribution in [3.8, 4) is 11.3 Å². The summed E-state index contributed by atoms with van der Waals surface area (Å²) in [6, 6.07) is 17.5. The molecule has 1 aliphatic carbocycles. The molecule has 1 fully saturated rings. The number of hydrogen-bond acceptors (Lipinski definition) is 4. The van der Waals surface area contributed by atoms with Gasteiger partial charge in [0.15, 0.2) is 0 Å². The Balaban J connectivity index is 1.56. The van der Waals surface area contributed by atoms with Gasteiger partial charge >= 0.3 is 0 Å². The van der Waals surface area contributed by atoms with E-state index in [1.54, 1.807) is 12.1 Å². The Kier molecular flexibility index (Phi) is 4.31. The largest absolute Gasteiger partial charge is 0.348 e. The van der Waals surface area contributed by atoms with Crippen LogP contribution in [0.5, 0.6) is 0 Å². The number of fused-ring (bicyclic) bond motifs is 1. The predicted molar refractivity (Wildman–Crippen MR) is 107 cm³/mol. The van der Waals surface area contributed by atoms with Gasteiger partial charge in [0, 0.05) is 23.7 Å². The molecule has 2 heterocycles. The Morgan fingerprint density at radius 1 is 1.10 bits per heavy atom. The zero-order chi connectivity index (χ0) is 19.8. The van der Waals surface area contributed by atoms with E-state index in [1.807, 2.05) is 36.4 Å². The predicted octanol–water partition coefficient (Wildman–Crippen LogP) is 4.84. The number of carbonyl (C=O) groups is 1. The number of pyridine rings is 1. The van der Waals surface area contributed by atoms with E-state index in [2.05, 4.69) is 15.5 Å². The number of hydrogen-bond donors (Lipinski definition) is 1. The Bertz CT molecular complexity index is 1180. The Hall–Kier alpha value is -3.54. The van der Waals surface area contributed by atoms with E-state index >= 15 is 0 Å². The molecule has 4 aromatic rings. The minimum absolute atomic E-state index is 0.213. The first kappa shape index (κ1) is 17.6.